The van der Waals surface area contributed by atoms with E-state index in [0.29, 0.717) is 6.54 Å². The molecule has 84 valence electrons. The fourth-order valence-electron chi connectivity index (χ4n) is 2.37. The van der Waals surface area contributed by atoms with Crippen LogP contribution < -0.4 is 0 Å². The Kier molecular flexibility index (Phi) is 2.87. The van der Waals surface area contributed by atoms with Gasteiger partial charge >= 0.3 is 0 Å². The van der Waals surface area contributed by atoms with Gasteiger partial charge in [-0.3, -0.25) is 4.68 Å². The third-order valence-corrected chi connectivity index (χ3v) is 3.58. The first-order valence-electron chi connectivity index (χ1n) is 5.12. The van der Waals surface area contributed by atoms with Crippen LogP contribution in [0.3, 0.4) is 0 Å². The van der Waals surface area contributed by atoms with E-state index in [-0.39, 0.29) is 0 Å². The number of likely N-dealkylation sites (N-methyl/N-ethyl adjacent to an activating group) is 1. The van der Waals surface area contributed by atoms with Crippen LogP contribution in [-0.2, 0) is 12.6 Å². The highest BCUT2D eigenvalue weighted by Gasteiger charge is 2.37. The summed E-state index contributed by atoms with van der Waals surface area (Å²) in [5.74, 6) is 0. The first-order chi connectivity index (χ1) is 7.03. The molecule has 1 fully saturated rings. The summed E-state index contributed by atoms with van der Waals surface area (Å²) >= 11 is 3.45. The highest BCUT2D eigenvalue weighted by molar-refractivity contribution is 9.10. The number of aliphatic hydroxyl groups is 1. The zero-order valence-corrected chi connectivity index (χ0v) is 10.7. The molecule has 2 rings (SSSR count). The zero-order chi connectivity index (χ0) is 11.1. The number of hydrogen-bond acceptors (Lipinski definition) is 3. The predicted octanol–water partition coefficient (Wildman–Crippen LogP) is 1.10. The standard InChI is InChI=1S/C10H16BrN3O/c1-13-5-3-4-10(15,7-13)9-8(11)6-12-14(9)2/h6,15H,3-5,7H2,1-2H3. The molecular weight excluding hydrogens is 258 g/mol. The summed E-state index contributed by atoms with van der Waals surface area (Å²) in [7, 11) is 3.90. The molecule has 0 saturated carbocycles. The van der Waals surface area contributed by atoms with Gasteiger partial charge in [-0.25, -0.2) is 0 Å². The van der Waals surface area contributed by atoms with Crippen molar-refractivity contribution in [2.24, 2.45) is 7.05 Å². The summed E-state index contributed by atoms with van der Waals surface area (Å²) in [6.07, 6.45) is 3.56. The number of β-amino-alcohol motifs (C(OH)–C–C–N with tert-alkyl or cyclic N) is 1. The fraction of sp³-hybridized carbons (Fsp3) is 0.700. The van der Waals surface area contributed by atoms with Gasteiger partial charge in [-0.05, 0) is 42.4 Å². The molecule has 1 aromatic heterocycles. The number of hydrogen-bond donors (Lipinski definition) is 1. The maximum absolute atomic E-state index is 10.6. The molecule has 5 heteroatoms. The van der Waals surface area contributed by atoms with Crippen LogP contribution in [0, 0.1) is 0 Å². The molecule has 0 bridgehead atoms. The van der Waals surface area contributed by atoms with Crippen molar-refractivity contribution in [3.63, 3.8) is 0 Å². The number of aryl methyl sites for hydroxylation is 1. The first kappa shape index (κ1) is 11.1. The van der Waals surface area contributed by atoms with E-state index in [4.69, 9.17) is 0 Å². The van der Waals surface area contributed by atoms with Gasteiger partial charge in [-0.2, -0.15) is 5.10 Å². The van der Waals surface area contributed by atoms with E-state index in [9.17, 15) is 5.11 Å². The Morgan fingerprint density at radius 2 is 2.27 bits per heavy atom. The monoisotopic (exact) mass is 273 g/mol. The van der Waals surface area contributed by atoms with E-state index >= 15 is 0 Å². The van der Waals surface area contributed by atoms with Crippen LogP contribution in [-0.4, -0.2) is 39.9 Å². The van der Waals surface area contributed by atoms with Gasteiger partial charge in [0.05, 0.1) is 16.4 Å². The molecule has 0 radical (unpaired) electrons. The minimum absolute atomic E-state index is 0.672. The smallest absolute Gasteiger partial charge is 0.120 e. The third kappa shape index (κ3) is 1.96. The summed E-state index contributed by atoms with van der Waals surface area (Å²) < 4.78 is 2.64. The molecule has 1 N–H and O–H groups in total. The minimum atomic E-state index is -0.767. The molecule has 1 aliphatic rings. The largest absolute Gasteiger partial charge is 0.382 e. The molecule has 0 spiro atoms. The molecule has 1 saturated heterocycles. The van der Waals surface area contributed by atoms with Crippen molar-refractivity contribution in [2.45, 2.75) is 18.4 Å². The van der Waals surface area contributed by atoms with Crippen molar-refractivity contribution in [3.05, 3.63) is 16.4 Å². The van der Waals surface area contributed by atoms with Crippen molar-refractivity contribution >= 4 is 15.9 Å². The molecule has 1 aromatic rings. The number of piperidine rings is 1. The van der Waals surface area contributed by atoms with Gasteiger partial charge in [-0.1, -0.05) is 0 Å². The van der Waals surface area contributed by atoms with Gasteiger partial charge in [0.2, 0.25) is 0 Å². The number of rotatable bonds is 1. The molecule has 15 heavy (non-hydrogen) atoms. The molecular formula is C10H16BrN3O. The summed E-state index contributed by atoms with van der Waals surface area (Å²) in [5.41, 5.74) is 0.117. The first-order valence-corrected chi connectivity index (χ1v) is 5.91. The topological polar surface area (TPSA) is 41.3 Å². The van der Waals surface area contributed by atoms with Crippen LogP contribution in [0.4, 0.5) is 0 Å². The lowest BCUT2D eigenvalue weighted by molar-refractivity contribution is -0.0345. The maximum atomic E-state index is 10.6. The number of likely N-dealkylation sites (tertiary alicyclic amines) is 1. The van der Waals surface area contributed by atoms with Crippen LogP contribution in [0.1, 0.15) is 18.5 Å². The van der Waals surface area contributed by atoms with Crippen molar-refractivity contribution in [2.75, 3.05) is 20.1 Å². The third-order valence-electron chi connectivity index (χ3n) is 3.00. The summed E-state index contributed by atoms with van der Waals surface area (Å²) in [6.45, 7) is 1.73. The molecule has 0 amide bonds. The van der Waals surface area contributed by atoms with E-state index in [0.717, 1.165) is 29.6 Å². The van der Waals surface area contributed by atoms with E-state index in [1.807, 2.05) is 14.1 Å². The van der Waals surface area contributed by atoms with Crippen molar-refractivity contribution in [1.29, 1.82) is 0 Å². The van der Waals surface area contributed by atoms with Gasteiger partial charge in [0.15, 0.2) is 0 Å². The highest BCUT2D eigenvalue weighted by Crippen LogP contribution is 2.34. The van der Waals surface area contributed by atoms with Crippen molar-refractivity contribution in [3.8, 4) is 0 Å². The Bertz CT molecular complexity index is 346. The van der Waals surface area contributed by atoms with Gasteiger partial charge in [0.25, 0.3) is 0 Å². The van der Waals surface area contributed by atoms with Crippen LogP contribution in [0.25, 0.3) is 0 Å². The molecule has 1 unspecified atom stereocenters. The van der Waals surface area contributed by atoms with Crippen LogP contribution in [0.2, 0.25) is 0 Å². The lowest BCUT2D eigenvalue weighted by Crippen LogP contribution is -2.45. The highest BCUT2D eigenvalue weighted by atomic mass is 79.9. The molecule has 1 atom stereocenters. The Hall–Kier alpha value is -0.390. The Labute approximate surface area is 98.0 Å². The number of nitrogens with zero attached hydrogens (tertiary/aromatic N) is 3. The average molecular weight is 274 g/mol. The number of halogens is 1. The van der Waals surface area contributed by atoms with Gasteiger partial charge in [0.1, 0.15) is 5.60 Å². The maximum Gasteiger partial charge on any atom is 0.120 e. The van der Waals surface area contributed by atoms with Crippen molar-refractivity contribution < 1.29 is 5.11 Å². The van der Waals surface area contributed by atoms with E-state index < -0.39 is 5.60 Å². The quantitative estimate of drug-likeness (QED) is 0.833. The molecule has 0 aromatic carbocycles. The second kappa shape index (κ2) is 3.88. The average Bonchev–Trinajstić information content (AvgIpc) is 2.46. The minimum Gasteiger partial charge on any atom is -0.382 e. The SMILES string of the molecule is CN1CCCC(O)(c2c(Br)cnn2C)C1. The zero-order valence-electron chi connectivity index (χ0n) is 9.07. The van der Waals surface area contributed by atoms with E-state index in [1.54, 1.807) is 10.9 Å². The van der Waals surface area contributed by atoms with Gasteiger partial charge in [0, 0.05) is 13.6 Å². The van der Waals surface area contributed by atoms with E-state index in [2.05, 4.69) is 25.9 Å². The van der Waals surface area contributed by atoms with Crippen LogP contribution >= 0.6 is 15.9 Å². The summed E-state index contributed by atoms with van der Waals surface area (Å²) in [6, 6.07) is 0. The van der Waals surface area contributed by atoms with Crippen molar-refractivity contribution in [1.82, 2.24) is 14.7 Å². The Morgan fingerprint density at radius 1 is 1.53 bits per heavy atom. The predicted molar refractivity (Wildman–Crippen MR) is 61.5 cm³/mol. The molecule has 1 aliphatic heterocycles. The molecule has 0 aliphatic carbocycles. The second-order valence-electron chi connectivity index (χ2n) is 4.34. The molecule has 2 heterocycles. The van der Waals surface area contributed by atoms with E-state index in [1.165, 1.54) is 0 Å². The lowest BCUT2D eigenvalue weighted by Gasteiger charge is -2.37. The van der Waals surface area contributed by atoms with Gasteiger partial charge in [-0.15, -0.1) is 0 Å². The number of aromatic nitrogens is 2. The van der Waals surface area contributed by atoms with Crippen LogP contribution in [0.15, 0.2) is 10.7 Å². The second-order valence-corrected chi connectivity index (χ2v) is 5.19. The van der Waals surface area contributed by atoms with Gasteiger partial charge < -0.3 is 10.0 Å². The lowest BCUT2D eigenvalue weighted by atomic mass is 9.90. The molecule has 4 nitrogen and oxygen atoms in total. The van der Waals surface area contributed by atoms with Crippen LogP contribution in [0.5, 0.6) is 0 Å². The Balaban J connectivity index is 2.36. The Morgan fingerprint density at radius 3 is 2.80 bits per heavy atom. The summed E-state index contributed by atoms with van der Waals surface area (Å²) in [4.78, 5) is 2.16. The summed E-state index contributed by atoms with van der Waals surface area (Å²) in [5, 5.41) is 14.8. The fourth-order valence-corrected chi connectivity index (χ4v) is 3.09. The normalized spacial score (nSPS) is 28.3.